The lowest BCUT2D eigenvalue weighted by Crippen LogP contribution is -2.34. The van der Waals surface area contributed by atoms with Crippen molar-refractivity contribution in [1.82, 2.24) is 0 Å². The van der Waals surface area contributed by atoms with Gasteiger partial charge < -0.3 is 14.9 Å². The molecule has 0 bridgehead atoms. The second-order valence-corrected chi connectivity index (χ2v) is 4.60. The second-order valence-electron chi connectivity index (χ2n) is 4.60. The number of aliphatic hydroxyl groups is 2. The van der Waals surface area contributed by atoms with Gasteiger partial charge in [-0.1, -0.05) is 12.1 Å². The quantitative estimate of drug-likeness (QED) is 0.891. The topological polar surface area (TPSA) is 49.7 Å². The molecule has 0 heterocycles. The zero-order chi connectivity index (χ0) is 14.0. The van der Waals surface area contributed by atoms with Crippen molar-refractivity contribution in [2.45, 2.75) is 37.6 Å². The third kappa shape index (κ3) is 3.19. The van der Waals surface area contributed by atoms with E-state index >= 15 is 0 Å². The van der Waals surface area contributed by atoms with Gasteiger partial charge in [-0.3, -0.25) is 0 Å². The van der Waals surface area contributed by atoms with E-state index < -0.39 is 25.0 Å². The summed E-state index contributed by atoms with van der Waals surface area (Å²) in [5.41, 5.74) is 1.43. The Labute approximate surface area is 108 Å². The number of halogens is 3. The molecular weight excluding hydrogens is 261 g/mol. The van der Waals surface area contributed by atoms with Crippen molar-refractivity contribution < 1.29 is 28.1 Å². The normalized spacial score (nSPS) is 20.8. The smallest absolute Gasteiger partial charge is 0.417 e. The highest BCUT2D eigenvalue weighted by Crippen LogP contribution is 2.35. The molecule has 0 fully saturated rings. The summed E-state index contributed by atoms with van der Waals surface area (Å²) in [5.74, 6) is 0.305. The van der Waals surface area contributed by atoms with Crippen LogP contribution in [0.2, 0.25) is 0 Å². The third-order valence-corrected chi connectivity index (χ3v) is 3.21. The van der Waals surface area contributed by atoms with Crippen LogP contribution in [0.25, 0.3) is 0 Å². The maximum atomic E-state index is 12.2. The summed E-state index contributed by atoms with van der Waals surface area (Å²) in [5, 5.41) is 18.7. The summed E-state index contributed by atoms with van der Waals surface area (Å²) in [6.45, 7) is -0.837. The Bertz CT molecular complexity index is 445. The van der Waals surface area contributed by atoms with E-state index in [0.29, 0.717) is 24.2 Å². The molecule has 0 amide bonds. The molecular formula is C13H15F3O3. The number of alkyl halides is 3. The van der Waals surface area contributed by atoms with Crippen molar-refractivity contribution in [3.8, 4) is 5.75 Å². The third-order valence-electron chi connectivity index (χ3n) is 3.21. The van der Waals surface area contributed by atoms with Crippen LogP contribution >= 0.6 is 0 Å². The molecule has 2 atom stereocenters. The van der Waals surface area contributed by atoms with Crippen molar-refractivity contribution >= 4 is 0 Å². The zero-order valence-electron chi connectivity index (χ0n) is 10.2. The first kappa shape index (κ1) is 14.1. The molecule has 2 unspecified atom stereocenters. The standard InChI is InChI=1S/C13H15F3O3/c14-13(15,16)12(18)7-19-11-6-2-3-8-9(11)4-1-5-10(8)17/h2-3,6,10,12,17-18H,1,4-5,7H2. The molecule has 2 N–H and O–H groups in total. The lowest BCUT2D eigenvalue weighted by atomic mass is 9.89. The van der Waals surface area contributed by atoms with Crippen molar-refractivity contribution in [3.63, 3.8) is 0 Å². The molecule has 1 aromatic rings. The molecule has 0 saturated heterocycles. The van der Waals surface area contributed by atoms with E-state index in [2.05, 4.69) is 0 Å². The van der Waals surface area contributed by atoms with Gasteiger partial charge in [0, 0.05) is 0 Å². The van der Waals surface area contributed by atoms with Crippen molar-refractivity contribution in [2.24, 2.45) is 0 Å². The van der Waals surface area contributed by atoms with Gasteiger partial charge in [0.15, 0.2) is 6.10 Å². The fraction of sp³-hybridized carbons (Fsp3) is 0.538. The number of ether oxygens (including phenoxy) is 1. The predicted octanol–water partition coefficient (Wildman–Crippen LogP) is 2.36. The first-order valence-corrected chi connectivity index (χ1v) is 6.07. The number of fused-ring (bicyclic) bond motifs is 1. The number of benzene rings is 1. The van der Waals surface area contributed by atoms with Crippen LogP contribution < -0.4 is 4.74 Å². The fourth-order valence-corrected chi connectivity index (χ4v) is 2.19. The van der Waals surface area contributed by atoms with E-state index in [9.17, 15) is 18.3 Å². The predicted molar refractivity (Wildman–Crippen MR) is 61.9 cm³/mol. The van der Waals surface area contributed by atoms with Crippen molar-refractivity contribution in [3.05, 3.63) is 29.3 Å². The highest BCUT2D eigenvalue weighted by atomic mass is 19.4. The number of hydrogen-bond acceptors (Lipinski definition) is 3. The maximum Gasteiger partial charge on any atom is 0.417 e. The highest BCUT2D eigenvalue weighted by Gasteiger charge is 2.39. The van der Waals surface area contributed by atoms with Gasteiger partial charge in [-0.2, -0.15) is 13.2 Å². The van der Waals surface area contributed by atoms with Crippen LogP contribution in [0.4, 0.5) is 13.2 Å². The first-order chi connectivity index (χ1) is 8.89. The minimum atomic E-state index is -4.69. The molecule has 1 aliphatic carbocycles. The SMILES string of the molecule is OC1CCCc2c(OCC(O)C(F)(F)F)cccc21. The van der Waals surface area contributed by atoms with Gasteiger partial charge in [-0.05, 0) is 36.5 Å². The van der Waals surface area contributed by atoms with Gasteiger partial charge in [-0.25, -0.2) is 0 Å². The Balaban J connectivity index is 2.12. The Morgan fingerprint density at radius 1 is 1.37 bits per heavy atom. The minimum Gasteiger partial charge on any atom is -0.490 e. The van der Waals surface area contributed by atoms with E-state index in [4.69, 9.17) is 9.84 Å². The highest BCUT2D eigenvalue weighted by molar-refractivity contribution is 5.42. The summed E-state index contributed by atoms with van der Waals surface area (Å²) < 4.78 is 41.6. The molecule has 1 aromatic carbocycles. The van der Waals surface area contributed by atoms with Crippen LogP contribution in [0.15, 0.2) is 18.2 Å². The molecule has 0 radical (unpaired) electrons. The molecule has 19 heavy (non-hydrogen) atoms. The van der Waals surface area contributed by atoms with Gasteiger partial charge in [-0.15, -0.1) is 0 Å². The van der Waals surface area contributed by atoms with Gasteiger partial charge in [0.1, 0.15) is 12.4 Å². The Morgan fingerprint density at radius 2 is 2.11 bits per heavy atom. The average Bonchev–Trinajstić information content (AvgIpc) is 2.35. The van der Waals surface area contributed by atoms with Crippen LogP contribution in [-0.2, 0) is 6.42 Å². The Hall–Kier alpha value is -1.27. The van der Waals surface area contributed by atoms with Crippen LogP contribution in [0, 0.1) is 0 Å². The number of hydrogen-bond donors (Lipinski definition) is 2. The molecule has 3 nitrogen and oxygen atoms in total. The van der Waals surface area contributed by atoms with Gasteiger partial charge in [0.25, 0.3) is 0 Å². The van der Waals surface area contributed by atoms with E-state index in [-0.39, 0.29) is 0 Å². The lowest BCUT2D eigenvalue weighted by molar-refractivity contribution is -0.210. The molecule has 0 spiro atoms. The molecule has 0 aromatic heterocycles. The summed E-state index contributed by atoms with van der Waals surface area (Å²) in [6, 6.07) is 4.93. The van der Waals surface area contributed by atoms with Crippen molar-refractivity contribution in [1.29, 1.82) is 0 Å². The Morgan fingerprint density at radius 3 is 2.79 bits per heavy atom. The number of aliphatic hydroxyl groups excluding tert-OH is 2. The Kier molecular flexibility index (Phi) is 4.01. The van der Waals surface area contributed by atoms with Crippen LogP contribution in [0.1, 0.15) is 30.1 Å². The van der Waals surface area contributed by atoms with Crippen LogP contribution in [-0.4, -0.2) is 29.1 Å². The minimum absolute atomic E-state index is 0.305. The van der Waals surface area contributed by atoms with Gasteiger partial charge in [0.2, 0.25) is 0 Å². The second kappa shape index (κ2) is 5.38. The van der Waals surface area contributed by atoms with Gasteiger partial charge in [0.05, 0.1) is 6.10 Å². The maximum absolute atomic E-state index is 12.2. The summed E-state index contributed by atoms with van der Waals surface area (Å²) in [4.78, 5) is 0. The van der Waals surface area contributed by atoms with E-state index in [1.807, 2.05) is 0 Å². The summed E-state index contributed by atoms with van der Waals surface area (Å²) >= 11 is 0. The largest absolute Gasteiger partial charge is 0.490 e. The molecule has 2 rings (SSSR count). The molecule has 106 valence electrons. The molecule has 0 saturated carbocycles. The monoisotopic (exact) mass is 276 g/mol. The molecule has 0 aliphatic heterocycles. The van der Waals surface area contributed by atoms with E-state index in [1.165, 1.54) is 0 Å². The fourth-order valence-electron chi connectivity index (χ4n) is 2.19. The number of rotatable bonds is 3. The van der Waals surface area contributed by atoms with Crippen molar-refractivity contribution in [2.75, 3.05) is 6.61 Å². The first-order valence-electron chi connectivity index (χ1n) is 6.07. The van der Waals surface area contributed by atoms with Crippen LogP contribution in [0.3, 0.4) is 0 Å². The molecule has 6 heteroatoms. The van der Waals surface area contributed by atoms with E-state index in [0.717, 1.165) is 12.0 Å². The molecule has 1 aliphatic rings. The zero-order valence-corrected chi connectivity index (χ0v) is 10.2. The average molecular weight is 276 g/mol. The lowest BCUT2D eigenvalue weighted by Gasteiger charge is -2.24. The summed E-state index contributed by atoms with van der Waals surface area (Å²) in [7, 11) is 0. The van der Waals surface area contributed by atoms with Crippen LogP contribution in [0.5, 0.6) is 5.75 Å². The summed E-state index contributed by atoms with van der Waals surface area (Å²) in [6.07, 6.45) is -5.73. The van der Waals surface area contributed by atoms with E-state index in [1.54, 1.807) is 18.2 Å². The van der Waals surface area contributed by atoms with Gasteiger partial charge >= 0.3 is 6.18 Å².